The Balaban J connectivity index is 2.29. The van der Waals surface area contributed by atoms with Gasteiger partial charge in [0, 0.05) is 0 Å². The SMILES string of the molecule is Cc1ccc(C(CO)C(=O)C(CO)c2ccc(C)cc2)cc1. The molecule has 0 heterocycles. The van der Waals surface area contributed by atoms with Crippen molar-refractivity contribution in [2.24, 2.45) is 0 Å². The van der Waals surface area contributed by atoms with Crippen molar-refractivity contribution in [1.29, 1.82) is 0 Å². The standard InChI is InChI=1S/C19H22O3/c1-13-3-7-15(8-4-13)17(11-20)19(22)18(12-21)16-9-5-14(2)6-10-16/h3-10,17-18,20-21H,11-12H2,1-2H3. The van der Waals surface area contributed by atoms with Gasteiger partial charge in [0.15, 0.2) is 5.78 Å². The molecule has 0 bridgehead atoms. The fourth-order valence-electron chi connectivity index (χ4n) is 2.56. The number of carbonyl (C=O) groups is 1. The lowest BCUT2D eigenvalue weighted by molar-refractivity contribution is -0.123. The van der Waals surface area contributed by atoms with Gasteiger partial charge < -0.3 is 10.2 Å². The van der Waals surface area contributed by atoms with Crippen molar-refractivity contribution in [2.75, 3.05) is 13.2 Å². The highest BCUT2D eigenvalue weighted by atomic mass is 16.3. The van der Waals surface area contributed by atoms with Gasteiger partial charge in [0.1, 0.15) is 0 Å². The molecule has 0 fully saturated rings. The van der Waals surface area contributed by atoms with Gasteiger partial charge in [-0.15, -0.1) is 0 Å². The minimum atomic E-state index is -0.612. The van der Waals surface area contributed by atoms with E-state index in [1.807, 2.05) is 62.4 Å². The van der Waals surface area contributed by atoms with Crippen molar-refractivity contribution >= 4 is 5.78 Å². The normalized spacial score (nSPS) is 13.6. The Labute approximate surface area is 131 Å². The number of hydrogen-bond donors (Lipinski definition) is 2. The van der Waals surface area contributed by atoms with Crippen LogP contribution >= 0.6 is 0 Å². The zero-order valence-corrected chi connectivity index (χ0v) is 13.0. The van der Waals surface area contributed by atoms with Crippen LogP contribution in [-0.2, 0) is 4.79 Å². The summed E-state index contributed by atoms with van der Waals surface area (Å²) in [5.74, 6) is -1.38. The lowest BCUT2D eigenvalue weighted by Crippen LogP contribution is -2.25. The number of aryl methyl sites for hydroxylation is 2. The maximum Gasteiger partial charge on any atom is 0.152 e. The summed E-state index contributed by atoms with van der Waals surface area (Å²) in [6.45, 7) is 3.43. The van der Waals surface area contributed by atoms with Crippen molar-refractivity contribution in [3.8, 4) is 0 Å². The zero-order valence-electron chi connectivity index (χ0n) is 13.0. The van der Waals surface area contributed by atoms with E-state index in [4.69, 9.17) is 0 Å². The third-order valence-corrected chi connectivity index (χ3v) is 4.01. The van der Waals surface area contributed by atoms with E-state index in [-0.39, 0.29) is 19.0 Å². The number of Topliss-reactive ketones (excluding diaryl/α,β-unsaturated/α-hetero) is 1. The van der Waals surface area contributed by atoms with E-state index < -0.39 is 11.8 Å². The summed E-state index contributed by atoms with van der Waals surface area (Å²) in [4.78, 5) is 12.8. The second-order valence-corrected chi connectivity index (χ2v) is 5.69. The summed E-state index contributed by atoms with van der Waals surface area (Å²) >= 11 is 0. The summed E-state index contributed by atoms with van der Waals surface area (Å²) in [6.07, 6.45) is 0. The minimum absolute atomic E-state index is 0.155. The van der Waals surface area contributed by atoms with Crippen LogP contribution in [0.15, 0.2) is 48.5 Å². The first-order valence-electron chi connectivity index (χ1n) is 7.45. The van der Waals surface area contributed by atoms with Gasteiger partial charge in [0.25, 0.3) is 0 Å². The van der Waals surface area contributed by atoms with Crippen molar-refractivity contribution in [3.05, 3.63) is 70.8 Å². The first-order chi connectivity index (χ1) is 10.6. The Kier molecular flexibility index (Phi) is 5.47. The Hall–Kier alpha value is -1.97. The average Bonchev–Trinajstić information content (AvgIpc) is 2.52. The van der Waals surface area contributed by atoms with Crippen LogP contribution < -0.4 is 0 Å². The van der Waals surface area contributed by atoms with Crippen LogP contribution in [0.2, 0.25) is 0 Å². The molecule has 0 aliphatic carbocycles. The largest absolute Gasteiger partial charge is 0.395 e. The maximum atomic E-state index is 12.8. The third-order valence-electron chi connectivity index (χ3n) is 4.01. The highest BCUT2D eigenvalue weighted by Gasteiger charge is 2.28. The number of ketones is 1. The van der Waals surface area contributed by atoms with E-state index in [0.29, 0.717) is 0 Å². The molecule has 2 aromatic rings. The smallest absolute Gasteiger partial charge is 0.152 e. The summed E-state index contributed by atoms with van der Waals surface area (Å²) < 4.78 is 0. The van der Waals surface area contributed by atoms with E-state index >= 15 is 0 Å². The van der Waals surface area contributed by atoms with Crippen LogP contribution in [0.3, 0.4) is 0 Å². The van der Waals surface area contributed by atoms with Gasteiger partial charge in [0.05, 0.1) is 25.0 Å². The molecular formula is C19H22O3. The minimum Gasteiger partial charge on any atom is -0.395 e. The summed E-state index contributed by atoms with van der Waals surface area (Å²) in [7, 11) is 0. The highest BCUT2D eigenvalue weighted by molar-refractivity contribution is 5.92. The number of rotatable bonds is 6. The molecule has 0 aliphatic rings. The number of benzene rings is 2. The van der Waals surface area contributed by atoms with Crippen LogP contribution in [0.4, 0.5) is 0 Å². The number of aliphatic hydroxyl groups is 2. The topological polar surface area (TPSA) is 57.5 Å². The van der Waals surface area contributed by atoms with Gasteiger partial charge in [0.2, 0.25) is 0 Å². The molecule has 0 aromatic heterocycles. The van der Waals surface area contributed by atoms with Crippen molar-refractivity contribution in [2.45, 2.75) is 25.7 Å². The Morgan fingerprint density at radius 1 is 0.773 bits per heavy atom. The molecule has 2 rings (SSSR count). The molecule has 3 heteroatoms. The molecule has 0 radical (unpaired) electrons. The van der Waals surface area contributed by atoms with Crippen molar-refractivity contribution in [1.82, 2.24) is 0 Å². The Morgan fingerprint density at radius 3 is 1.36 bits per heavy atom. The molecule has 2 aromatic carbocycles. The molecule has 116 valence electrons. The predicted octanol–water partition coefficient (Wildman–Crippen LogP) is 2.72. The summed E-state index contributed by atoms with van der Waals surface area (Å²) in [5.41, 5.74) is 3.77. The Bertz CT molecular complexity index is 559. The monoisotopic (exact) mass is 298 g/mol. The van der Waals surface area contributed by atoms with E-state index in [0.717, 1.165) is 22.3 Å². The maximum absolute atomic E-state index is 12.8. The Morgan fingerprint density at radius 2 is 1.09 bits per heavy atom. The second-order valence-electron chi connectivity index (χ2n) is 5.69. The quantitative estimate of drug-likeness (QED) is 0.862. The molecule has 2 atom stereocenters. The van der Waals surface area contributed by atoms with Gasteiger partial charge in [-0.2, -0.15) is 0 Å². The number of hydrogen-bond acceptors (Lipinski definition) is 3. The van der Waals surface area contributed by atoms with Gasteiger partial charge in [-0.25, -0.2) is 0 Å². The molecule has 3 nitrogen and oxygen atoms in total. The molecule has 2 unspecified atom stereocenters. The third kappa shape index (κ3) is 3.62. The van der Waals surface area contributed by atoms with E-state index in [9.17, 15) is 15.0 Å². The summed E-state index contributed by atoms with van der Waals surface area (Å²) in [6, 6.07) is 15.1. The molecule has 0 saturated heterocycles. The zero-order chi connectivity index (χ0) is 16.1. The molecule has 22 heavy (non-hydrogen) atoms. The van der Waals surface area contributed by atoms with Crippen LogP contribution in [0.1, 0.15) is 34.1 Å². The average molecular weight is 298 g/mol. The van der Waals surface area contributed by atoms with Gasteiger partial charge >= 0.3 is 0 Å². The molecule has 2 N–H and O–H groups in total. The van der Waals surface area contributed by atoms with Gasteiger partial charge in [-0.05, 0) is 25.0 Å². The van der Waals surface area contributed by atoms with Crippen LogP contribution in [0, 0.1) is 13.8 Å². The highest BCUT2D eigenvalue weighted by Crippen LogP contribution is 2.26. The fourth-order valence-corrected chi connectivity index (χ4v) is 2.56. The van der Waals surface area contributed by atoms with Crippen LogP contribution in [0.25, 0.3) is 0 Å². The van der Waals surface area contributed by atoms with Crippen LogP contribution in [0.5, 0.6) is 0 Å². The molecule has 0 aliphatic heterocycles. The van der Waals surface area contributed by atoms with Gasteiger partial charge in [-0.1, -0.05) is 59.7 Å². The number of carbonyl (C=O) groups excluding carboxylic acids is 1. The first-order valence-corrected chi connectivity index (χ1v) is 7.45. The first kappa shape index (κ1) is 16.4. The van der Waals surface area contributed by atoms with Gasteiger partial charge in [-0.3, -0.25) is 4.79 Å². The molecule has 0 saturated carbocycles. The van der Waals surface area contributed by atoms with Crippen LogP contribution in [-0.4, -0.2) is 29.2 Å². The van der Waals surface area contributed by atoms with E-state index in [1.165, 1.54) is 0 Å². The van der Waals surface area contributed by atoms with Crippen molar-refractivity contribution in [3.63, 3.8) is 0 Å². The number of aliphatic hydroxyl groups excluding tert-OH is 2. The fraction of sp³-hybridized carbons (Fsp3) is 0.316. The lowest BCUT2D eigenvalue weighted by atomic mass is 9.84. The molecule has 0 amide bonds. The molecular weight excluding hydrogens is 276 g/mol. The predicted molar refractivity (Wildman–Crippen MR) is 87.0 cm³/mol. The summed E-state index contributed by atoms with van der Waals surface area (Å²) in [5, 5.41) is 19.3. The lowest BCUT2D eigenvalue weighted by Gasteiger charge is -2.20. The van der Waals surface area contributed by atoms with E-state index in [2.05, 4.69) is 0 Å². The van der Waals surface area contributed by atoms with Crippen molar-refractivity contribution < 1.29 is 15.0 Å². The second kappa shape index (κ2) is 7.34. The van der Waals surface area contributed by atoms with E-state index in [1.54, 1.807) is 0 Å². The molecule has 0 spiro atoms.